The quantitative estimate of drug-likeness (QED) is 0.872. The number of hydrogen-bond donors (Lipinski definition) is 1. The minimum Gasteiger partial charge on any atom is -0.375 e. The number of hydrogen-bond acceptors (Lipinski definition) is 3. The summed E-state index contributed by atoms with van der Waals surface area (Å²) in [6.07, 6.45) is 6.32. The van der Waals surface area contributed by atoms with Crippen LogP contribution >= 0.6 is 11.3 Å². The largest absolute Gasteiger partial charge is 0.375 e. The van der Waals surface area contributed by atoms with Gasteiger partial charge in [-0.3, -0.25) is 0 Å². The second kappa shape index (κ2) is 4.47. The van der Waals surface area contributed by atoms with Crippen molar-refractivity contribution in [3.05, 3.63) is 22.4 Å². The summed E-state index contributed by atoms with van der Waals surface area (Å²) >= 11 is 1.84. The lowest BCUT2D eigenvalue weighted by Crippen LogP contribution is -2.50. The fourth-order valence-electron chi connectivity index (χ4n) is 2.78. The number of nitrogens with one attached hydrogen (secondary N) is 1. The molecule has 0 aromatic carbocycles. The van der Waals surface area contributed by atoms with E-state index in [1.54, 1.807) is 0 Å². The number of ether oxygens (including phenoxy) is 1. The molecule has 1 N–H and O–H groups in total. The van der Waals surface area contributed by atoms with E-state index >= 15 is 0 Å². The maximum Gasteiger partial charge on any atom is 0.0697 e. The molecule has 2 heterocycles. The van der Waals surface area contributed by atoms with E-state index < -0.39 is 0 Å². The second-order valence-corrected chi connectivity index (χ2v) is 6.07. The molecule has 1 aliphatic carbocycles. The average molecular weight is 237 g/mol. The predicted molar refractivity (Wildman–Crippen MR) is 66.7 cm³/mol. The minimum absolute atomic E-state index is 0.269. The maximum absolute atomic E-state index is 5.93. The third-order valence-corrected chi connectivity index (χ3v) is 4.78. The molecule has 1 saturated carbocycles. The summed E-state index contributed by atoms with van der Waals surface area (Å²) in [5, 5.41) is 5.83. The topological polar surface area (TPSA) is 21.3 Å². The Bertz CT molecular complexity index is 332. The van der Waals surface area contributed by atoms with E-state index in [4.69, 9.17) is 4.74 Å². The first-order chi connectivity index (χ1) is 7.86. The van der Waals surface area contributed by atoms with E-state index in [0.29, 0.717) is 6.04 Å². The van der Waals surface area contributed by atoms with Crippen molar-refractivity contribution in [2.45, 2.75) is 50.3 Å². The van der Waals surface area contributed by atoms with Crippen LogP contribution in [-0.4, -0.2) is 18.2 Å². The Balaban J connectivity index is 1.51. The fourth-order valence-corrected chi connectivity index (χ4v) is 3.44. The van der Waals surface area contributed by atoms with Crippen LogP contribution in [0.4, 0.5) is 0 Å². The van der Waals surface area contributed by atoms with Gasteiger partial charge in [-0.2, -0.15) is 0 Å². The van der Waals surface area contributed by atoms with Crippen LogP contribution in [0.15, 0.2) is 17.5 Å². The number of thiophene rings is 1. The van der Waals surface area contributed by atoms with Gasteiger partial charge in [0.2, 0.25) is 0 Å². The molecule has 1 spiro atoms. The van der Waals surface area contributed by atoms with Crippen LogP contribution in [0.3, 0.4) is 0 Å². The van der Waals surface area contributed by atoms with E-state index in [9.17, 15) is 0 Å². The van der Waals surface area contributed by atoms with E-state index in [0.717, 1.165) is 13.2 Å². The molecule has 2 fully saturated rings. The molecule has 1 saturated heterocycles. The Morgan fingerprint density at radius 3 is 3.12 bits per heavy atom. The summed E-state index contributed by atoms with van der Waals surface area (Å²) in [5.41, 5.74) is 0.269. The van der Waals surface area contributed by atoms with Crippen molar-refractivity contribution < 1.29 is 4.74 Å². The lowest BCUT2D eigenvalue weighted by Gasteiger charge is -2.47. The zero-order valence-electron chi connectivity index (χ0n) is 9.58. The molecule has 1 aliphatic heterocycles. The summed E-state index contributed by atoms with van der Waals surface area (Å²) in [6, 6.07) is 4.99. The highest BCUT2D eigenvalue weighted by Gasteiger charge is 2.42. The van der Waals surface area contributed by atoms with Gasteiger partial charge >= 0.3 is 0 Å². The molecular formula is C13H19NOS. The van der Waals surface area contributed by atoms with Crippen molar-refractivity contribution in [2.24, 2.45) is 0 Å². The lowest BCUT2D eigenvalue weighted by atomic mass is 9.74. The van der Waals surface area contributed by atoms with Gasteiger partial charge in [-0.05, 0) is 43.6 Å². The van der Waals surface area contributed by atoms with Crippen LogP contribution in [-0.2, 0) is 11.3 Å². The molecule has 0 bridgehead atoms. The van der Waals surface area contributed by atoms with Crippen LogP contribution in [0.5, 0.6) is 0 Å². The number of rotatable bonds is 3. The minimum atomic E-state index is 0.269. The molecular weight excluding hydrogens is 218 g/mol. The highest BCUT2D eigenvalue weighted by molar-refractivity contribution is 7.09. The van der Waals surface area contributed by atoms with Crippen LogP contribution in [0, 0.1) is 0 Å². The van der Waals surface area contributed by atoms with Crippen molar-refractivity contribution >= 4 is 11.3 Å². The van der Waals surface area contributed by atoms with E-state index in [1.807, 2.05) is 11.3 Å². The Kier molecular flexibility index (Phi) is 3.01. The Morgan fingerprint density at radius 2 is 2.44 bits per heavy atom. The zero-order chi connectivity index (χ0) is 10.8. The van der Waals surface area contributed by atoms with Gasteiger partial charge in [0.25, 0.3) is 0 Å². The Morgan fingerprint density at radius 1 is 1.50 bits per heavy atom. The first kappa shape index (κ1) is 10.8. The van der Waals surface area contributed by atoms with Crippen molar-refractivity contribution in [1.82, 2.24) is 5.32 Å². The second-order valence-electron chi connectivity index (χ2n) is 5.04. The molecule has 2 aliphatic rings. The summed E-state index contributed by atoms with van der Waals surface area (Å²) < 4.78 is 5.93. The normalized spacial score (nSPS) is 27.9. The van der Waals surface area contributed by atoms with Crippen LogP contribution < -0.4 is 5.32 Å². The third kappa shape index (κ3) is 2.17. The average Bonchev–Trinajstić information content (AvgIpc) is 2.77. The molecule has 16 heavy (non-hydrogen) atoms. The summed E-state index contributed by atoms with van der Waals surface area (Å²) in [6.45, 7) is 1.97. The summed E-state index contributed by atoms with van der Waals surface area (Å²) in [7, 11) is 0. The highest BCUT2D eigenvalue weighted by Crippen LogP contribution is 2.42. The molecule has 0 amide bonds. The Labute approximate surface area is 101 Å². The molecule has 3 heteroatoms. The third-order valence-electron chi connectivity index (χ3n) is 3.90. The van der Waals surface area contributed by atoms with Crippen LogP contribution in [0.1, 0.15) is 37.0 Å². The monoisotopic (exact) mass is 237 g/mol. The maximum atomic E-state index is 5.93. The molecule has 0 radical (unpaired) electrons. The summed E-state index contributed by atoms with van der Waals surface area (Å²) in [4.78, 5) is 1.44. The van der Waals surface area contributed by atoms with Gasteiger partial charge in [0, 0.05) is 24.1 Å². The van der Waals surface area contributed by atoms with Crippen molar-refractivity contribution in [3.63, 3.8) is 0 Å². The molecule has 88 valence electrons. The molecule has 1 aromatic rings. The van der Waals surface area contributed by atoms with Gasteiger partial charge < -0.3 is 10.1 Å². The first-order valence-corrected chi connectivity index (χ1v) is 7.14. The van der Waals surface area contributed by atoms with E-state index in [-0.39, 0.29) is 5.60 Å². The zero-order valence-corrected chi connectivity index (χ0v) is 10.4. The SMILES string of the molecule is c1csc(CNC2CCOC3(CCC3)C2)c1. The lowest BCUT2D eigenvalue weighted by molar-refractivity contribution is -0.135. The van der Waals surface area contributed by atoms with Crippen molar-refractivity contribution in [1.29, 1.82) is 0 Å². The molecule has 3 rings (SSSR count). The van der Waals surface area contributed by atoms with E-state index in [1.165, 1.54) is 37.0 Å². The molecule has 1 atom stereocenters. The van der Waals surface area contributed by atoms with Crippen LogP contribution in [0.25, 0.3) is 0 Å². The standard InChI is InChI=1S/C13H19NOS/c1-3-12(16-8-1)10-14-11-4-7-15-13(9-11)5-2-6-13/h1,3,8,11,14H,2,4-7,9-10H2. The van der Waals surface area contributed by atoms with Gasteiger partial charge in [-0.1, -0.05) is 6.07 Å². The van der Waals surface area contributed by atoms with Gasteiger partial charge in [-0.15, -0.1) is 11.3 Å². The molecule has 2 nitrogen and oxygen atoms in total. The van der Waals surface area contributed by atoms with Gasteiger partial charge in [0.15, 0.2) is 0 Å². The first-order valence-electron chi connectivity index (χ1n) is 6.26. The highest BCUT2D eigenvalue weighted by atomic mass is 32.1. The molecule has 1 aromatic heterocycles. The van der Waals surface area contributed by atoms with Crippen molar-refractivity contribution in [3.8, 4) is 0 Å². The van der Waals surface area contributed by atoms with Crippen molar-refractivity contribution in [2.75, 3.05) is 6.61 Å². The van der Waals surface area contributed by atoms with Crippen LogP contribution in [0.2, 0.25) is 0 Å². The van der Waals surface area contributed by atoms with Gasteiger partial charge in [-0.25, -0.2) is 0 Å². The van der Waals surface area contributed by atoms with E-state index in [2.05, 4.69) is 22.8 Å². The predicted octanol–water partition coefficient (Wildman–Crippen LogP) is 2.94. The van der Waals surface area contributed by atoms with Gasteiger partial charge in [0.05, 0.1) is 5.60 Å². The van der Waals surface area contributed by atoms with Gasteiger partial charge in [0.1, 0.15) is 0 Å². The summed E-state index contributed by atoms with van der Waals surface area (Å²) in [5.74, 6) is 0. The fraction of sp³-hybridized carbons (Fsp3) is 0.692. The Hall–Kier alpha value is -0.380. The smallest absolute Gasteiger partial charge is 0.0697 e. The molecule has 1 unspecified atom stereocenters.